The maximum Gasteiger partial charge on any atom is 0.126 e. The summed E-state index contributed by atoms with van der Waals surface area (Å²) in [5, 5.41) is 0. The van der Waals surface area contributed by atoms with Crippen LogP contribution in [0.4, 0.5) is 10.1 Å². The molecule has 1 atom stereocenters. The van der Waals surface area contributed by atoms with Gasteiger partial charge in [-0.3, -0.25) is 0 Å². The van der Waals surface area contributed by atoms with Gasteiger partial charge in [0.1, 0.15) is 11.6 Å². The van der Waals surface area contributed by atoms with Crippen LogP contribution in [0.15, 0.2) is 34.9 Å². The number of anilines is 1. The molecule has 3 nitrogen and oxygen atoms in total. The second kappa shape index (κ2) is 5.45. The number of nitrogens with two attached hydrogens (primary N) is 1. The second-order valence-electron chi connectivity index (χ2n) is 4.88. The third-order valence-corrected chi connectivity index (χ3v) is 3.18. The van der Waals surface area contributed by atoms with Crippen molar-refractivity contribution in [3.63, 3.8) is 0 Å². The van der Waals surface area contributed by atoms with Crippen molar-refractivity contribution in [3.05, 3.63) is 53.2 Å². The fraction of sp³-hybridized carbons (Fsp3) is 0.333. The highest BCUT2D eigenvalue weighted by Gasteiger charge is 2.15. The van der Waals surface area contributed by atoms with E-state index in [0.717, 1.165) is 17.0 Å². The number of benzene rings is 1. The first-order chi connectivity index (χ1) is 8.99. The summed E-state index contributed by atoms with van der Waals surface area (Å²) in [6.45, 7) is 4.23. The number of hydrogen-bond acceptors (Lipinski definition) is 3. The maximum atomic E-state index is 13.7. The summed E-state index contributed by atoms with van der Waals surface area (Å²) in [5.41, 5.74) is 8.28. The van der Waals surface area contributed by atoms with Crippen molar-refractivity contribution < 1.29 is 8.81 Å². The van der Waals surface area contributed by atoms with E-state index in [1.165, 1.54) is 6.07 Å². The van der Waals surface area contributed by atoms with Crippen LogP contribution in [0.3, 0.4) is 0 Å². The molecule has 0 fully saturated rings. The van der Waals surface area contributed by atoms with Gasteiger partial charge >= 0.3 is 0 Å². The molecule has 1 aromatic heterocycles. The predicted octanol–water partition coefficient (Wildman–Crippen LogP) is 3.38. The van der Waals surface area contributed by atoms with Crippen LogP contribution in [-0.4, -0.2) is 7.05 Å². The van der Waals surface area contributed by atoms with Crippen molar-refractivity contribution >= 4 is 5.69 Å². The zero-order valence-electron chi connectivity index (χ0n) is 11.5. The van der Waals surface area contributed by atoms with Gasteiger partial charge in [-0.05, 0) is 49.2 Å². The number of rotatable bonds is 4. The van der Waals surface area contributed by atoms with E-state index in [1.54, 1.807) is 13.2 Å². The van der Waals surface area contributed by atoms with Crippen molar-refractivity contribution in [2.45, 2.75) is 26.4 Å². The minimum absolute atomic E-state index is 0.218. The Bertz CT molecular complexity index is 550. The SMILES string of the molecule is Cc1cc(N(C)Cc2ccco2)c(C(C)N)cc1F. The average Bonchev–Trinajstić information content (AvgIpc) is 2.84. The fourth-order valence-electron chi connectivity index (χ4n) is 2.10. The first kappa shape index (κ1) is 13.6. The van der Waals surface area contributed by atoms with E-state index in [4.69, 9.17) is 10.2 Å². The van der Waals surface area contributed by atoms with Crippen LogP contribution >= 0.6 is 0 Å². The minimum Gasteiger partial charge on any atom is -0.467 e. The van der Waals surface area contributed by atoms with Crippen LogP contribution in [0.5, 0.6) is 0 Å². The Morgan fingerprint density at radius 3 is 2.74 bits per heavy atom. The third kappa shape index (κ3) is 2.96. The molecular formula is C15H19FN2O. The van der Waals surface area contributed by atoms with Gasteiger partial charge in [-0.1, -0.05) is 0 Å². The molecule has 0 spiro atoms. The minimum atomic E-state index is -0.220. The van der Waals surface area contributed by atoms with Crippen LogP contribution in [-0.2, 0) is 6.54 Å². The molecule has 0 amide bonds. The number of hydrogen-bond donors (Lipinski definition) is 1. The van der Waals surface area contributed by atoms with Crippen LogP contribution < -0.4 is 10.6 Å². The molecule has 0 bridgehead atoms. The fourth-order valence-corrected chi connectivity index (χ4v) is 2.10. The average molecular weight is 262 g/mol. The van der Waals surface area contributed by atoms with Gasteiger partial charge in [0.2, 0.25) is 0 Å². The number of nitrogens with zero attached hydrogens (tertiary/aromatic N) is 1. The Morgan fingerprint density at radius 2 is 2.16 bits per heavy atom. The summed E-state index contributed by atoms with van der Waals surface area (Å²) >= 11 is 0. The summed E-state index contributed by atoms with van der Waals surface area (Å²) < 4.78 is 19.0. The monoisotopic (exact) mass is 262 g/mol. The van der Waals surface area contributed by atoms with Gasteiger partial charge in [-0.15, -0.1) is 0 Å². The molecule has 0 aliphatic carbocycles. The van der Waals surface area contributed by atoms with Gasteiger partial charge in [0.25, 0.3) is 0 Å². The molecule has 0 aliphatic heterocycles. The zero-order valence-corrected chi connectivity index (χ0v) is 11.5. The Balaban J connectivity index is 2.34. The van der Waals surface area contributed by atoms with Crippen molar-refractivity contribution in [1.82, 2.24) is 0 Å². The van der Waals surface area contributed by atoms with Crippen LogP contribution in [0.1, 0.15) is 29.9 Å². The molecule has 1 unspecified atom stereocenters. The molecule has 102 valence electrons. The highest BCUT2D eigenvalue weighted by molar-refractivity contribution is 5.56. The third-order valence-electron chi connectivity index (χ3n) is 3.18. The standard InChI is InChI=1S/C15H19FN2O/c1-10-7-15(13(11(2)17)8-14(10)16)18(3)9-12-5-4-6-19-12/h4-8,11H,9,17H2,1-3H3. The molecule has 0 saturated heterocycles. The van der Waals surface area contributed by atoms with Gasteiger partial charge in [-0.25, -0.2) is 4.39 Å². The van der Waals surface area contributed by atoms with E-state index in [9.17, 15) is 4.39 Å². The van der Waals surface area contributed by atoms with E-state index >= 15 is 0 Å². The zero-order chi connectivity index (χ0) is 14.0. The van der Waals surface area contributed by atoms with E-state index in [1.807, 2.05) is 37.1 Å². The molecule has 19 heavy (non-hydrogen) atoms. The molecule has 2 N–H and O–H groups in total. The summed E-state index contributed by atoms with van der Waals surface area (Å²) in [7, 11) is 1.95. The normalized spacial score (nSPS) is 12.5. The molecule has 0 radical (unpaired) electrons. The van der Waals surface area contributed by atoms with E-state index in [-0.39, 0.29) is 11.9 Å². The van der Waals surface area contributed by atoms with E-state index in [0.29, 0.717) is 12.1 Å². The first-order valence-corrected chi connectivity index (χ1v) is 6.28. The summed E-state index contributed by atoms with van der Waals surface area (Å²) in [6, 6.07) is 6.90. The highest BCUT2D eigenvalue weighted by atomic mass is 19.1. The Labute approximate surface area is 112 Å². The molecule has 1 aromatic carbocycles. The molecule has 0 aliphatic rings. The number of furan rings is 1. The maximum absolute atomic E-state index is 13.7. The Hall–Kier alpha value is -1.81. The lowest BCUT2D eigenvalue weighted by atomic mass is 10.0. The van der Waals surface area contributed by atoms with Gasteiger partial charge in [0, 0.05) is 18.8 Å². The van der Waals surface area contributed by atoms with Gasteiger partial charge < -0.3 is 15.1 Å². The van der Waals surface area contributed by atoms with E-state index < -0.39 is 0 Å². The van der Waals surface area contributed by atoms with Crippen molar-refractivity contribution in [2.75, 3.05) is 11.9 Å². The van der Waals surface area contributed by atoms with Gasteiger partial charge in [0.15, 0.2) is 0 Å². The summed E-state index contributed by atoms with van der Waals surface area (Å²) in [6.07, 6.45) is 1.64. The molecule has 1 heterocycles. The number of halogens is 1. The van der Waals surface area contributed by atoms with Gasteiger partial charge in [0.05, 0.1) is 12.8 Å². The van der Waals surface area contributed by atoms with Crippen molar-refractivity contribution in [2.24, 2.45) is 5.73 Å². The molecule has 4 heteroatoms. The lowest BCUT2D eigenvalue weighted by Gasteiger charge is -2.24. The molecule has 2 rings (SSSR count). The lowest BCUT2D eigenvalue weighted by molar-refractivity contribution is 0.507. The molecular weight excluding hydrogens is 243 g/mol. The van der Waals surface area contributed by atoms with Crippen molar-refractivity contribution in [3.8, 4) is 0 Å². The molecule has 0 saturated carbocycles. The first-order valence-electron chi connectivity index (χ1n) is 6.28. The summed E-state index contributed by atoms with van der Waals surface area (Å²) in [4.78, 5) is 2.02. The predicted molar refractivity (Wildman–Crippen MR) is 74.6 cm³/mol. The second-order valence-corrected chi connectivity index (χ2v) is 4.88. The van der Waals surface area contributed by atoms with E-state index in [2.05, 4.69) is 0 Å². The lowest BCUT2D eigenvalue weighted by Crippen LogP contribution is -2.20. The number of aryl methyl sites for hydroxylation is 1. The summed E-state index contributed by atoms with van der Waals surface area (Å²) in [5.74, 6) is 0.641. The van der Waals surface area contributed by atoms with Crippen molar-refractivity contribution in [1.29, 1.82) is 0 Å². The van der Waals surface area contributed by atoms with Crippen LogP contribution in [0.2, 0.25) is 0 Å². The topological polar surface area (TPSA) is 42.4 Å². The quantitative estimate of drug-likeness (QED) is 0.918. The highest BCUT2D eigenvalue weighted by Crippen LogP contribution is 2.28. The smallest absolute Gasteiger partial charge is 0.126 e. The Kier molecular flexibility index (Phi) is 3.90. The largest absolute Gasteiger partial charge is 0.467 e. The molecule has 2 aromatic rings. The van der Waals surface area contributed by atoms with Crippen LogP contribution in [0, 0.1) is 12.7 Å². The van der Waals surface area contributed by atoms with Crippen LogP contribution in [0.25, 0.3) is 0 Å². The Morgan fingerprint density at radius 1 is 1.42 bits per heavy atom. The van der Waals surface area contributed by atoms with Gasteiger partial charge in [-0.2, -0.15) is 0 Å².